The molecule has 0 radical (unpaired) electrons. The Morgan fingerprint density at radius 2 is 2.17 bits per heavy atom. The van der Waals surface area contributed by atoms with Gasteiger partial charge in [0.05, 0.1) is 13.5 Å². The molecular weight excluding hydrogens is 238 g/mol. The highest BCUT2D eigenvalue weighted by Gasteiger charge is 2.16. The van der Waals surface area contributed by atoms with Crippen molar-refractivity contribution in [2.45, 2.75) is 13.0 Å². The summed E-state index contributed by atoms with van der Waals surface area (Å²) in [6.07, 6.45) is 0.293. The largest absolute Gasteiger partial charge is 0.507 e. The number of hydrogen-bond donors (Lipinski definition) is 2. The second kappa shape index (κ2) is 5.59. The summed E-state index contributed by atoms with van der Waals surface area (Å²) in [6, 6.07) is 3.25. The van der Waals surface area contributed by atoms with Crippen LogP contribution in [0.4, 0.5) is 0 Å². The van der Waals surface area contributed by atoms with Crippen LogP contribution in [-0.2, 0) is 16.1 Å². The number of aromatic hydroxyl groups is 1. The Balaban J connectivity index is 1.88. The number of nitrogens with one attached hydrogen (secondary N) is 1. The molecule has 2 N–H and O–H groups in total. The lowest BCUT2D eigenvalue weighted by Crippen LogP contribution is -2.18. The van der Waals surface area contributed by atoms with Crippen molar-refractivity contribution in [1.82, 2.24) is 5.32 Å². The van der Waals surface area contributed by atoms with Crippen molar-refractivity contribution < 1.29 is 24.1 Å². The molecule has 0 bridgehead atoms. The number of rotatable bonds is 5. The van der Waals surface area contributed by atoms with Crippen molar-refractivity contribution in [3.05, 3.63) is 17.7 Å². The first kappa shape index (κ1) is 12.5. The van der Waals surface area contributed by atoms with Crippen LogP contribution in [0.5, 0.6) is 17.2 Å². The lowest BCUT2D eigenvalue weighted by atomic mass is 10.1. The summed E-state index contributed by atoms with van der Waals surface area (Å²) >= 11 is 0. The molecule has 1 aromatic rings. The van der Waals surface area contributed by atoms with Crippen molar-refractivity contribution in [2.24, 2.45) is 0 Å². The highest BCUT2D eigenvalue weighted by atomic mass is 16.7. The number of ether oxygens (including phenoxy) is 3. The molecule has 0 saturated carbocycles. The third-order valence-electron chi connectivity index (χ3n) is 2.62. The van der Waals surface area contributed by atoms with E-state index in [0.717, 1.165) is 0 Å². The molecule has 0 saturated heterocycles. The van der Waals surface area contributed by atoms with Gasteiger partial charge in [-0.15, -0.1) is 0 Å². The number of carbonyl (C=O) groups excluding carboxylic acids is 1. The molecule has 0 fully saturated rings. The fourth-order valence-electron chi connectivity index (χ4n) is 1.63. The van der Waals surface area contributed by atoms with E-state index in [4.69, 9.17) is 9.47 Å². The monoisotopic (exact) mass is 253 g/mol. The van der Waals surface area contributed by atoms with Crippen LogP contribution in [0.2, 0.25) is 0 Å². The predicted octanol–water partition coefficient (Wildman–Crippen LogP) is 0.774. The molecule has 2 rings (SSSR count). The topological polar surface area (TPSA) is 77.0 Å². The van der Waals surface area contributed by atoms with Gasteiger partial charge in [0.25, 0.3) is 0 Å². The Kier molecular flexibility index (Phi) is 3.88. The first-order valence-corrected chi connectivity index (χ1v) is 5.59. The van der Waals surface area contributed by atoms with Crippen LogP contribution in [0, 0.1) is 0 Å². The quantitative estimate of drug-likeness (QED) is 0.596. The molecule has 1 aromatic carbocycles. The second-order valence-corrected chi connectivity index (χ2v) is 3.84. The average molecular weight is 253 g/mol. The summed E-state index contributed by atoms with van der Waals surface area (Å²) < 4.78 is 14.9. The summed E-state index contributed by atoms with van der Waals surface area (Å²) in [6.45, 7) is 1.11. The fourth-order valence-corrected chi connectivity index (χ4v) is 1.63. The van der Waals surface area contributed by atoms with Gasteiger partial charge >= 0.3 is 5.97 Å². The van der Waals surface area contributed by atoms with Crippen LogP contribution in [0.1, 0.15) is 12.0 Å². The fraction of sp³-hybridized carbons (Fsp3) is 0.417. The Bertz CT molecular complexity index is 446. The third kappa shape index (κ3) is 2.84. The zero-order valence-corrected chi connectivity index (χ0v) is 10.1. The summed E-state index contributed by atoms with van der Waals surface area (Å²) in [5.74, 6) is 1.05. The molecule has 1 aliphatic heterocycles. The summed E-state index contributed by atoms with van der Waals surface area (Å²) in [5.41, 5.74) is 0.698. The van der Waals surface area contributed by atoms with Gasteiger partial charge in [-0.1, -0.05) is 0 Å². The Hall–Kier alpha value is -1.95. The van der Waals surface area contributed by atoms with Gasteiger partial charge in [0, 0.05) is 24.7 Å². The van der Waals surface area contributed by atoms with Crippen molar-refractivity contribution in [2.75, 3.05) is 20.4 Å². The van der Waals surface area contributed by atoms with Crippen LogP contribution in [-0.4, -0.2) is 31.5 Å². The van der Waals surface area contributed by atoms with Crippen molar-refractivity contribution in [3.8, 4) is 17.2 Å². The lowest BCUT2D eigenvalue weighted by Gasteiger charge is -2.07. The number of phenolic OH excluding ortho intramolecular Hbond substituents is 1. The van der Waals surface area contributed by atoms with Crippen LogP contribution >= 0.6 is 0 Å². The van der Waals surface area contributed by atoms with Crippen molar-refractivity contribution in [1.29, 1.82) is 0 Å². The molecule has 0 atom stereocenters. The zero-order chi connectivity index (χ0) is 13.0. The normalized spacial score (nSPS) is 12.5. The molecule has 18 heavy (non-hydrogen) atoms. The minimum absolute atomic E-state index is 0.143. The summed E-state index contributed by atoms with van der Waals surface area (Å²) in [4.78, 5) is 10.9. The maximum absolute atomic E-state index is 10.9. The minimum Gasteiger partial charge on any atom is -0.507 e. The van der Waals surface area contributed by atoms with E-state index in [1.165, 1.54) is 13.2 Å². The number of phenols is 1. The van der Waals surface area contributed by atoms with Gasteiger partial charge in [0.2, 0.25) is 6.79 Å². The van der Waals surface area contributed by atoms with E-state index in [9.17, 15) is 9.90 Å². The minimum atomic E-state index is -0.266. The Morgan fingerprint density at radius 1 is 1.44 bits per heavy atom. The molecule has 0 aliphatic carbocycles. The van der Waals surface area contributed by atoms with Gasteiger partial charge in [0.1, 0.15) is 5.75 Å². The highest BCUT2D eigenvalue weighted by molar-refractivity contribution is 5.69. The van der Waals surface area contributed by atoms with E-state index >= 15 is 0 Å². The number of fused-ring (bicyclic) bond motifs is 1. The van der Waals surface area contributed by atoms with E-state index < -0.39 is 0 Å². The van der Waals surface area contributed by atoms with Gasteiger partial charge in [-0.05, 0) is 6.07 Å². The molecule has 6 nitrogen and oxygen atoms in total. The van der Waals surface area contributed by atoms with Crippen molar-refractivity contribution >= 4 is 5.97 Å². The molecule has 1 heterocycles. The predicted molar refractivity (Wildman–Crippen MR) is 62.6 cm³/mol. The Labute approximate surface area is 104 Å². The molecule has 0 spiro atoms. The zero-order valence-electron chi connectivity index (χ0n) is 10.1. The van der Waals surface area contributed by atoms with Gasteiger partial charge in [0.15, 0.2) is 11.5 Å². The van der Waals surface area contributed by atoms with Crippen LogP contribution in [0.25, 0.3) is 0 Å². The van der Waals surface area contributed by atoms with E-state index in [-0.39, 0.29) is 18.5 Å². The molecule has 0 aromatic heterocycles. The highest BCUT2D eigenvalue weighted by Crippen LogP contribution is 2.37. The number of carbonyl (C=O) groups is 1. The van der Waals surface area contributed by atoms with Gasteiger partial charge < -0.3 is 24.6 Å². The molecule has 98 valence electrons. The van der Waals surface area contributed by atoms with E-state index in [0.29, 0.717) is 36.6 Å². The maximum atomic E-state index is 10.9. The molecule has 0 unspecified atom stereocenters. The number of methoxy groups -OCH3 is 1. The lowest BCUT2D eigenvalue weighted by molar-refractivity contribution is -0.140. The van der Waals surface area contributed by atoms with Gasteiger partial charge in [-0.25, -0.2) is 0 Å². The van der Waals surface area contributed by atoms with Crippen molar-refractivity contribution in [3.63, 3.8) is 0 Å². The second-order valence-electron chi connectivity index (χ2n) is 3.84. The number of benzene rings is 1. The summed E-state index contributed by atoms with van der Waals surface area (Å²) in [5, 5.41) is 12.8. The standard InChI is InChI=1S/C12H15NO5/c1-16-12(15)2-3-13-6-8-4-10-11(5-9(8)14)18-7-17-10/h4-5,13-14H,2-3,6-7H2,1H3. The third-order valence-corrected chi connectivity index (χ3v) is 2.62. The van der Waals surface area contributed by atoms with Crippen LogP contribution in [0.15, 0.2) is 12.1 Å². The SMILES string of the molecule is COC(=O)CCNCc1cc2c(cc1O)OCO2. The van der Waals surface area contributed by atoms with Crippen LogP contribution in [0.3, 0.4) is 0 Å². The first-order valence-electron chi connectivity index (χ1n) is 5.59. The van der Waals surface area contributed by atoms with Gasteiger partial charge in [-0.2, -0.15) is 0 Å². The molecule has 1 aliphatic rings. The molecule has 0 amide bonds. The van der Waals surface area contributed by atoms with Gasteiger partial charge in [-0.3, -0.25) is 4.79 Å². The number of esters is 1. The molecular formula is C12H15NO5. The first-order chi connectivity index (χ1) is 8.70. The average Bonchev–Trinajstić information content (AvgIpc) is 2.81. The molecule has 6 heteroatoms. The number of hydrogen-bond acceptors (Lipinski definition) is 6. The van der Waals surface area contributed by atoms with E-state index in [1.807, 2.05) is 0 Å². The maximum Gasteiger partial charge on any atom is 0.306 e. The summed E-state index contributed by atoms with van der Waals surface area (Å²) in [7, 11) is 1.35. The van der Waals surface area contributed by atoms with E-state index in [1.54, 1.807) is 6.07 Å². The Morgan fingerprint density at radius 3 is 2.89 bits per heavy atom. The smallest absolute Gasteiger partial charge is 0.306 e. The van der Waals surface area contributed by atoms with E-state index in [2.05, 4.69) is 10.1 Å². The van der Waals surface area contributed by atoms with Crippen LogP contribution < -0.4 is 14.8 Å².